The highest BCUT2D eigenvalue weighted by atomic mass is 32.2. The van der Waals surface area contributed by atoms with E-state index in [1.807, 2.05) is 52.0 Å². The van der Waals surface area contributed by atoms with E-state index in [0.717, 1.165) is 33.5 Å². The Morgan fingerprint density at radius 1 is 1.12 bits per heavy atom. The molecule has 0 bridgehead atoms. The number of carbonyl (C=O) groups is 1. The molecule has 2 aromatic heterocycles. The van der Waals surface area contributed by atoms with Crippen LogP contribution in [0.5, 0.6) is 11.6 Å². The van der Waals surface area contributed by atoms with Gasteiger partial charge in [0.1, 0.15) is 22.4 Å². The summed E-state index contributed by atoms with van der Waals surface area (Å²) < 4.78 is 41.2. The van der Waals surface area contributed by atoms with Gasteiger partial charge >= 0.3 is 0 Å². The molecule has 0 radical (unpaired) electrons. The number of hydrogen-bond donors (Lipinski definition) is 4. The topological polar surface area (TPSA) is 161 Å². The molecule has 0 spiro atoms. The van der Waals surface area contributed by atoms with Crippen molar-refractivity contribution in [1.29, 1.82) is 0 Å². The summed E-state index contributed by atoms with van der Waals surface area (Å²) in [4.78, 5) is 22.0. The molecule has 1 aliphatic heterocycles. The third kappa shape index (κ3) is 7.23. The molecule has 5 N–H and O–H groups in total. The molecule has 0 saturated carbocycles. The number of hydrazine groups is 1. The Labute approximate surface area is 282 Å². The van der Waals surface area contributed by atoms with E-state index in [2.05, 4.69) is 26.0 Å². The van der Waals surface area contributed by atoms with Crippen LogP contribution in [0.4, 0.5) is 17.1 Å². The van der Waals surface area contributed by atoms with Gasteiger partial charge in [0.05, 0.1) is 31.2 Å². The second-order valence-electron chi connectivity index (χ2n) is 11.7. The lowest BCUT2D eigenvalue weighted by molar-refractivity contribution is -0.116. The van der Waals surface area contributed by atoms with E-state index in [1.165, 1.54) is 16.6 Å². The van der Waals surface area contributed by atoms with Crippen molar-refractivity contribution in [3.05, 3.63) is 94.9 Å². The Morgan fingerprint density at radius 3 is 2.60 bits per heavy atom. The molecule has 0 unspecified atom stereocenters. The van der Waals surface area contributed by atoms with Crippen molar-refractivity contribution in [2.45, 2.75) is 64.0 Å². The summed E-state index contributed by atoms with van der Waals surface area (Å²) in [5.41, 5.74) is 9.03. The highest BCUT2D eigenvalue weighted by Gasteiger charge is 2.35. The number of nitrogens with zero attached hydrogens (tertiary/aromatic N) is 3. The van der Waals surface area contributed by atoms with Gasteiger partial charge in [0, 0.05) is 37.8 Å². The lowest BCUT2D eigenvalue weighted by Gasteiger charge is -2.27. The van der Waals surface area contributed by atoms with Crippen molar-refractivity contribution in [3.8, 4) is 11.6 Å². The first-order valence-electron chi connectivity index (χ1n) is 15.9. The van der Waals surface area contributed by atoms with Gasteiger partial charge in [-0.15, -0.1) is 0 Å². The number of rotatable bonds is 12. The van der Waals surface area contributed by atoms with Crippen molar-refractivity contribution in [2.75, 3.05) is 36.3 Å². The van der Waals surface area contributed by atoms with Gasteiger partial charge in [0.2, 0.25) is 21.8 Å². The van der Waals surface area contributed by atoms with Crippen LogP contribution in [0, 0.1) is 13.8 Å². The third-order valence-electron chi connectivity index (χ3n) is 8.64. The lowest BCUT2D eigenvalue weighted by atomic mass is 9.83. The smallest absolute Gasteiger partial charge is 0.248 e. The zero-order valence-electron chi connectivity index (χ0n) is 27.9. The summed E-state index contributed by atoms with van der Waals surface area (Å²) in [7, 11) is -2.33. The number of methoxy groups -OCH3 is 1. The lowest BCUT2D eigenvalue weighted by Crippen LogP contribution is -2.36. The number of nitrogen functional groups attached to an aromatic ring is 1. The first-order valence-corrected chi connectivity index (χ1v) is 17.4. The van der Waals surface area contributed by atoms with Crippen LogP contribution in [0.3, 0.4) is 0 Å². The summed E-state index contributed by atoms with van der Waals surface area (Å²) in [6.45, 7) is 8.77. The monoisotopic (exact) mass is 673 g/mol. The zero-order valence-corrected chi connectivity index (χ0v) is 28.7. The van der Waals surface area contributed by atoms with E-state index in [1.54, 1.807) is 37.7 Å². The molecule has 254 valence electrons. The molecule has 2 aromatic carbocycles. The first kappa shape index (κ1) is 34.6. The number of carbonyl (C=O) groups excluding carboxylic acids is 1. The number of benzene rings is 2. The van der Waals surface area contributed by atoms with Gasteiger partial charge in [0.15, 0.2) is 0 Å². The number of aryl methyl sites for hydroxylation is 1. The quantitative estimate of drug-likeness (QED) is 0.114. The molecular weight excluding hydrogens is 630 g/mol. The maximum atomic E-state index is 13.9. The molecule has 1 aliphatic rings. The second-order valence-corrected chi connectivity index (χ2v) is 13.6. The standard InChI is InChI=1S/C35H43N7O5S/c1-6-27-21-42(48(44,45)31-11-9-15-39-35(31)47-27)20-25-16-24(13-12-22(25)3)29(18-32(43)40-26-10-8-14-37-19-26)28-17-30(46-5)34(38-7-2)33(41-36)23(28)4/h8-17,19,27,29,38,41H,6-7,18,20-21,36H2,1-5H3,(H,40,43)/t27-,29+/m1/s1. The van der Waals surface area contributed by atoms with Crippen molar-refractivity contribution >= 4 is 33.0 Å². The van der Waals surface area contributed by atoms with E-state index in [4.69, 9.17) is 15.3 Å². The molecule has 0 aliphatic carbocycles. The number of pyridine rings is 2. The molecule has 5 rings (SSSR count). The highest BCUT2D eigenvalue weighted by Crippen LogP contribution is 2.43. The summed E-state index contributed by atoms with van der Waals surface area (Å²) >= 11 is 0. The van der Waals surface area contributed by atoms with Crippen molar-refractivity contribution < 1.29 is 22.7 Å². The van der Waals surface area contributed by atoms with Gasteiger partial charge in [-0.3, -0.25) is 15.6 Å². The van der Waals surface area contributed by atoms with Crippen molar-refractivity contribution in [1.82, 2.24) is 14.3 Å². The van der Waals surface area contributed by atoms with E-state index in [9.17, 15) is 13.2 Å². The zero-order chi connectivity index (χ0) is 34.4. The van der Waals surface area contributed by atoms with Crippen LogP contribution in [-0.2, 0) is 21.4 Å². The molecule has 1 amide bonds. The summed E-state index contributed by atoms with van der Waals surface area (Å²) in [5.74, 6) is 6.08. The fourth-order valence-electron chi connectivity index (χ4n) is 6.02. The van der Waals surface area contributed by atoms with Crippen LogP contribution in [0.25, 0.3) is 0 Å². The van der Waals surface area contributed by atoms with Crippen molar-refractivity contribution in [2.24, 2.45) is 5.84 Å². The van der Waals surface area contributed by atoms with E-state index in [0.29, 0.717) is 30.1 Å². The van der Waals surface area contributed by atoms with Gasteiger partial charge in [0.25, 0.3) is 0 Å². The number of fused-ring (bicyclic) bond motifs is 1. The van der Waals surface area contributed by atoms with Gasteiger partial charge < -0.3 is 25.5 Å². The van der Waals surface area contributed by atoms with Gasteiger partial charge in [-0.1, -0.05) is 25.1 Å². The number of aromatic nitrogens is 2. The van der Waals surface area contributed by atoms with Crippen LogP contribution < -0.4 is 31.4 Å². The van der Waals surface area contributed by atoms with Crippen molar-refractivity contribution in [3.63, 3.8) is 0 Å². The highest BCUT2D eigenvalue weighted by molar-refractivity contribution is 7.89. The van der Waals surface area contributed by atoms with E-state index < -0.39 is 15.9 Å². The Morgan fingerprint density at radius 2 is 1.92 bits per heavy atom. The third-order valence-corrected chi connectivity index (χ3v) is 10.5. The summed E-state index contributed by atoms with van der Waals surface area (Å²) in [5, 5.41) is 6.28. The van der Waals surface area contributed by atoms with Gasteiger partial charge in [-0.25, -0.2) is 13.4 Å². The molecule has 3 heterocycles. The molecule has 4 aromatic rings. The minimum atomic E-state index is -3.92. The molecule has 2 atom stereocenters. The fourth-order valence-corrected chi connectivity index (χ4v) is 7.55. The van der Waals surface area contributed by atoms with E-state index >= 15 is 0 Å². The maximum Gasteiger partial charge on any atom is 0.248 e. The molecular formula is C35H43N7O5S. The SMILES string of the molecule is CCNc1c(OC)cc([C@@H](CC(=O)Nc2cccnc2)c2ccc(C)c(CN3C[C@@H](CC)Oc4ncccc4S3(=O)=O)c2)c(C)c1NN. The normalized spacial score (nSPS) is 16.2. The van der Waals surface area contributed by atoms with Crippen LogP contribution in [0.2, 0.25) is 0 Å². The largest absolute Gasteiger partial charge is 0.494 e. The van der Waals surface area contributed by atoms with Crippen LogP contribution in [0.15, 0.2) is 72.0 Å². The Kier molecular flexibility index (Phi) is 10.8. The van der Waals surface area contributed by atoms with E-state index in [-0.39, 0.29) is 42.3 Å². The summed E-state index contributed by atoms with van der Waals surface area (Å²) in [6.07, 6.45) is 5.09. The maximum absolute atomic E-state index is 13.9. The van der Waals surface area contributed by atoms with Gasteiger partial charge in [-0.05, 0) is 85.3 Å². The van der Waals surface area contributed by atoms with Crippen LogP contribution in [-0.4, -0.2) is 54.9 Å². The Bertz CT molecular complexity index is 1870. The van der Waals surface area contributed by atoms with Gasteiger partial charge in [-0.2, -0.15) is 4.31 Å². The number of anilines is 3. The molecule has 13 heteroatoms. The number of ether oxygens (including phenoxy) is 2. The van der Waals surface area contributed by atoms with Crippen LogP contribution >= 0.6 is 0 Å². The first-order chi connectivity index (χ1) is 23.1. The average Bonchev–Trinajstić information content (AvgIpc) is 3.19. The number of nitrogens with two attached hydrogens (primary N) is 1. The minimum Gasteiger partial charge on any atom is -0.494 e. The number of hydrogen-bond acceptors (Lipinski definition) is 10. The minimum absolute atomic E-state index is 0.0463. The number of sulfonamides is 1. The fraction of sp³-hybridized carbons (Fsp3) is 0.343. The van der Waals surface area contributed by atoms with Crippen LogP contribution in [0.1, 0.15) is 60.4 Å². The predicted octanol–water partition coefficient (Wildman–Crippen LogP) is 5.34. The predicted molar refractivity (Wildman–Crippen MR) is 187 cm³/mol. The average molecular weight is 674 g/mol. The summed E-state index contributed by atoms with van der Waals surface area (Å²) in [6, 6.07) is 14.5. The Balaban J connectivity index is 1.59. The molecule has 48 heavy (non-hydrogen) atoms. The number of nitrogens with one attached hydrogen (secondary N) is 3. The molecule has 0 saturated heterocycles. The number of amides is 1. The molecule has 12 nitrogen and oxygen atoms in total. The second kappa shape index (κ2) is 15.0. The Hall–Kier alpha value is -4.72. The molecule has 0 fully saturated rings.